The first-order chi connectivity index (χ1) is 9.63. The third-order valence-corrected chi connectivity index (χ3v) is 2.93. The zero-order valence-corrected chi connectivity index (χ0v) is 11.4. The van der Waals surface area contributed by atoms with Gasteiger partial charge in [-0.05, 0) is 24.3 Å². The summed E-state index contributed by atoms with van der Waals surface area (Å²) in [5.41, 5.74) is 0.656. The van der Waals surface area contributed by atoms with Crippen LogP contribution in [0.15, 0.2) is 36.5 Å². The molecule has 0 unspecified atom stereocenters. The Kier molecular flexibility index (Phi) is 4.42. The maximum absolute atomic E-state index is 11.2. The number of nitrogens with zero attached hydrogens (tertiary/aromatic N) is 1. The molecular formula is C14H12ClNO4. The van der Waals surface area contributed by atoms with Crippen LogP contribution in [0, 0.1) is 0 Å². The van der Waals surface area contributed by atoms with E-state index in [0.29, 0.717) is 11.4 Å². The number of hydrogen-bond donors (Lipinski definition) is 1. The lowest BCUT2D eigenvalue weighted by Crippen LogP contribution is -2.05. The molecule has 0 aliphatic rings. The quantitative estimate of drug-likeness (QED) is 0.917. The molecule has 104 valence electrons. The average molecular weight is 294 g/mol. The number of carboxylic acid groups (broad SMARTS) is 1. The predicted molar refractivity (Wildman–Crippen MR) is 73.5 cm³/mol. The third-order valence-electron chi connectivity index (χ3n) is 2.62. The predicted octanol–water partition coefficient (Wildman–Crippen LogP) is 3.02. The Bertz CT molecular complexity index is 630. The van der Waals surface area contributed by atoms with Crippen LogP contribution in [0.5, 0.6) is 11.6 Å². The second-order valence-electron chi connectivity index (χ2n) is 3.88. The Morgan fingerprint density at radius 3 is 2.85 bits per heavy atom. The van der Waals surface area contributed by atoms with Gasteiger partial charge in [0.05, 0.1) is 17.7 Å². The van der Waals surface area contributed by atoms with Gasteiger partial charge in [-0.1, -0.05) is 17.7 Å². The number of carboxylic acids is 1. The topological polar surface area (TPSA) is 68.7 Å². The highest BCUT2D eigenvalue weighted by molar-refractivity contribution is 6.33. The van der Waals surface area contributed by atoms with Gasteiger partial charge in [0.2, 0.25) is 5.88 Å². The molecule has 20 heavy (non-hydrogen) atoms. The van der Waals surface area contributed by atoms with E-state index in [0.717, 1.165) is 0 Å². The summed E-state index contributed by atoms with van der Waals surface area (Å²) in [4.78, 5) is 15.2. The van der Waals surface area contributed by atoms with Gasteiger partial charge in [0.1, 0.15) is 17.9 Å². The van der Waals surface area contributed by atoms with E-state index in [1.807, 2.05) is 0 Å². The second kappa shape index (κ2) is 6.25. The molecule has 0 aliphatic heterocycles. The van der Waals surface area contributed by atoms with Gasteiger partial charge in [-0.2, -0.15) is 0 Å². The lowest BCUT2D eigenvalue weighted by molar-refractivity contribution is 0.0692. The van der Waals surface area contributed by atoms with Gasteiger partial charge >= 0.3 is 5.97 Å². The average Bonchev–Trinajstić information content (AvgIpc) is 2.45. The number of pyridine rings is 1. The molecule has 0 atom stereocenters. The third kappa shape index (κ3) is 3.00. The summed E-state index contributed by atoms with van der Waals surface area (Å²) in [6.45, 7) is 0.137. The number of benzene rings is 1. The highest BCUT2D eigenvalue weighted by atomic mass is 35.5. The summed E-state index contributed by atoms with van der Waals surface area (Å²) in [6, 6.07) is 8.22. The van der Waals surface area contributed by atoms with Gasteiger partial charge in [-0.25, -0.2) is 9.78 Å². The summed E-state index contributed by atoms with van der Waals surface area (Å²) in [6.07, 6.45) is 1.60. The molecule has 1 aromatic heterocycles. The van der Waals surface area contributed by atoms with Gasteiger partial charge in [0, 0.05) is 6.20 Å². The minimum absolute atomic E-state index is 0.0583. The van der Waals surface area contributed by atoms with E-state index in [1.54, 1.807) is 30.5 Å². The maximum Gasteiger partial charge on any atom is 0.341 e. The van der Waals surface area contributed by atoms with E-state index >= 15 is 0 Å². The Hall–Kier alpha value is -2.27. The highest BCUT2D eigenvalue weighted by Gasteiger charge is 2.16. The van der Waals surface area contributed by atoms with Crippen LogP contribution in [-0.4, -0.2) is 23.2 Å². The van der Waals surface area contributed by atoms with Crippen molar-refractivity contribution in [1.29, 1.82) is 0 Å². The normalized spacial score (nSPS) is 10.1. The first-order valence-corrected chi connectivity index (χ1v) is 6.13. The molecule has 0 radical (unpaired) electrons. The summed E-state index contributed by atoms with van der Waals surface area (Å²) >= 11 is 5.87. The van der Waals surface area contributed by atoms with Crippen LogP contribution >= 0.6 is 11.6 Å². The molecule has 2 rings (SSSR count). The lowest BCUT2D eigenvalue weighted by Gasteiger charge is -2.11. The minimum Gasteiger partial charge on any atom is -0.488 e. The number of aromatic carboxylic acids is 1. The van der Waals surface area contributed by atoms with Crippen LogP contribution < -0.4 is 9.47 Å². The molecule has 0 spiro atoms. The van der Waals surface area contributed by atoms with E-state index < -0.39 is 5.97 Å². The van der Waals surface area contributed by atoms with Crippen molar-refractivity contribution in [3.8, 4) is 11.6 Å². The van der Waals surface area contributed by atoms with Crippen LogP contribution in [0.2, 0.25) is 5.02 Å². The van der Waals surface area contributed by atoms with Crippen molar-refractivity contribution >= 4 is 17.6 Å². The maximum atomic E-state index is 11.2. The van der Waals surface area contributed by atoms with Crippen molar-refractivity contribution in [1.82, 2.24) is 4.98 Å². The monoisotopic (exact) mass is 293 g/mol. The summed E-state index contributed by atoms with van der Waals surface area (Å²) in [5, 5.41) is 9.28. The van der Waals surface area contributed by atoms with Crippen molar-refractivity contribution in [2.45, 2.75) is 6.61 Å². The zero-order chi connectivity index (χ0) is 14.5. The van der Waals surface area contributed by atoms with Gasteiger partial charge < -0.3 is 14.6 Å². The molecule has 1 aromatic carbocycles. The summed E-state index contributed by atoms with van der Waals surface area (Å²) < 4.78 is 10.6. The fourth-order valence-corrected chi connectivity index (χ4v) is 1.95. The Morgan fingerprint density at radius 2 is 2.15 bits per heavy atom. The van der Waals surface area contributed by atoms with E-state index in [1.165, 1.54) is 13.2 Å². The van der Waals surface area contributed by atoms with E-state index in [4.69, 9.17) is 26.2 Å². The molecule has 0 bridgehead atoms. The molecule has 0 saturated carbocycles. The van der Waals surface area contributed by atoms with Gasteiger partial charge in [0.25, 0.3) is 0 Å². The standard InChI is InChI=1S/C14H12ClNO4/c1-19-13-9(4-3-7-16-13)8-20-11-6-2-5-10(15)12(11)14(17)18/h2-7H,8H2,1H3,(H,17,18). The molecule has 0 saturated heterocycles. The lowest BCUT2D eigenvalue weighted by atomic mass is 10.2. The SMILES string of the molecule is COc1ncccc1COc1cccc(Cl)c1C(=O)O. The Morgan fingerprint density at radius 1 is 1.35 bits per heavy atom. The van der Waals surface area contributed by atoms with E-state index in [9.17, 15) is 4.79 Å². The largest absolute Gasteiger partial charge is 0.488 e. The van der Waals surface area contributed by atoms with Crippen LogP contribution in [0.1, 0.15) is 15.9 Å². The van der Waals surface area contributed by atoms with Crippen LogP contribution in [-0.2, 0) is 6.61 Å². The minimum atomic E-state index is -1.14. The van der Waals surface area contributed by atoms with Crippen LogP contribution in [0.4, 0.5) is 0 Å². The van der Waals surface area contributed by atoms with Crippen molar-refractivity contribution < 1.29 is 19.4 Å². The molecular weight excluding hydrogens is 282 g/mol. The molecule has 0 aliphatic carbocycles. The number of halogens is 1. The number of methoxy groups -OCH3 is 1. The second-order valence-corrected chi connectivity index (χ2v) is 4.29. The molecule has 1 N–H and O–H groups in total. The van der Waals surface area contributed by atoms with Crippen molar-refractivity contribution in [2.24, 2.45) is 0 Å². The van der Waals surface area contributed by atoms with Crippen LogP contribution in [0.25, 0.3) is 0 Å². The molecule has 0 fully saturated rings. The zero-order valence-electron chi connectivity index (χ0n) is 10.7. The summed E-state index contributed by atoms with van der Waals surface area (Å²) in [7, 11) is 1.51. The van der Waals surface area contributed by atoms with E-state index in [-0.39, 0.29) is 22.9 Å². The van der Waals surface area contributed by atoms with Crippen molar-refractivity contribution in [2.75, 3.05) is 7.11 Å². The number of carbonyl (C=O) groups is 1. The molecule has 5 nitrogen and oxygen atoms in total. The number of hydrogen-bond acceptors (Lipinski definition) is 4. The first kappa shape index (κ1) is 14.1. The number of ether oxygens (including phenoxy) is 2. The fraction of sp³-hybridized carbons (Fsp3) is 0.143. The summed E-state index contributed by atoms with van der Waals surface area (Å²) in [5.74, 6) is -0.494. The highest BCUT2D eigenvalue weighted by Crippen LogP contribution is 2.27. The van der Waals surface area contributed by atoms with Gasteiger partial charge in [-0.3, -0.25) is 0 Å². The Labute approximate surface area is 120 Å². The molecule has 2 aromatic rings. The molecule has 6 heteroatoms. The fourth-order valence-electron chi connectivity index (χ4n) is 1.71. The van der Waals surface area contributed by atoms with Crippen molar-refractivity contribution in [3.05, 3.63) is 52.7 Å². The van der Waals surface area contributed by atoms with Gasteiger partial charge in [0.15, 0.2) is 0 Å². The van der Waals surface area contributed by atoms with Gasteiger partial charge in [-0.15, -0.1) is 0 Å². The molecule has 1 heterocycles. The van der Waals surface area contributed by atoms with Crippen LogP contribution in [0.3, 0.4) is 0 Å². The molecule has 0 amide bonds. The smallest absolute Gasteiger partial charge is 0.341 e. The van der Waals surface area contributed by atoms with Crippen molar-refractivity contribution in [3.63, 3.8) is 0 Å². The van der Waals surface area contributed by atoms with E-state index in [2.05, 4.69) is 4.98 Å². The Balaban J connectivity index is 2.23. The first-order valence-electron chi connectivity index (χ1n) is 5.76. The number of rotatable bonds is 5. The number of aromatic nitrogens is 1.